The number of carbonyl (C=O) groups excluding carboxylic acids is 1. The van der Waals surface area contributed by atoms with Gasteiger partial charge in [-0.3, -0.25) is 4.79 Å². The van der Waals surface area contributed by atoms with E-state index in [1.54, 1.807) is 10.7 Å². The lowest BCUT2D eigenvalue weighted by molar-refractivity contribution is 0.0909. The first-order chi connectivity index (χ1) is 12.0. The third-order valence-corrected chi connectivity index (χ3v) is 4.83. The second-order valence-corrected chi connectivity index (χ2v) is 7.18. The number of amides is 1. The molecule has 6 nitrogen and oxygen atoms in total. The minimum atomic E-state index is -0.242. The first-order valence-corrected chi connectivity index (χ1v) is 9.11. The van der Waals surface area contributed by atoms with E-state index in [1.807, 2.05) is 32.0 Å². The van der Waals surface area contributed by atoms with Crippen molar-refractivity contribution in [2.75, 3.05) is 6.54 Å². The third-order valence-electron chi connectivity index (χ3n) is 4.51. The number of hydrogen-bond acceptors (Lipinski definition) is 4. The van der Waals surface area contributed by atoms with Gasteiger partial charge in [0.1, 0.15) is 5.82 Å². The van der Waals surface area contributed by atoms with Crippen molar-refractivity contribution in [2.24, 2.45) is 0 Å². The molecule has 134 valence electrons. The lowest BCUT2D eigenvalue weighted by Gasteiger charge is -2.30. The normalized spacial score (nSPS) is 20.7. The number of benzene rings is 1. The van der Waals surface area contributed by atoms with Crippen molar-refractivity contribution in [2.45, 2.75) is 51.6 Å². The molecule has 1 amide bonds. The highest BCUT2D eigenvalue weighted by Crippen LogP contribution is 2.23. The Balaban J connectivity index is 1.89. The van der Waals surface area contributed by atoms with Crippen LogP contribution in [0.15, 0.2) is 24.3 Å². The SMILES string of the molecule is CC(C)c1nc(C(=O)NC2CCCNC2C)nn1-c1ccccc1Cl. The van der Waals surface area contributed by atoms with E-state index in [2.05, 4.69) is 27.6 Å². The number of aromatic nitrogens is 3. The molecule has 0 saturated carbocycles. The Hall–Kier alpha value is -1.92. The standard InChI is InChI=1S/C18H24ClN5O/c1-11(2)17-22-16(18(25)21-14-8-6-10-20-12(14)3)23-24(17)15-9-5-4-7-13(15)19/h4-5,7,9,11-12,14,20H,6,8,10H2,1-3H3,(H,21,25). The summed E-state index contributed by atoms with van der Waals surface area (Å²) in [5.74, 6) is 0.767. The first-order valence-electron chi connectivity index (χ1n) is 8.73. The van der Waals surface area contributed by atoms with E-state index < -0.39 is 0 Å². The van der Waals surface area contributed by atoms with Gasteiger partial charge < -0.3 is 10.6 Å². The van der Waals surface area contributed by atoms with Crippen molar-refractivity contribution in [3.05, 3.63) is 40.9 Å². The van der Waals surface area contributed by atoms with Crippen molar-refractivity contribution >= 4 is 17.5 Å². The summed E-state index contributed by atoms with van der Waals surface area (Å²) in [7, 11) is 0. The number of rotatable bonds is 4. The van der Waals surface area contributed by atoms with Gasteiger partial charge in [-0.25, -0.2) is 9.67 Å². The molecule has 3 rings (SSSR count). The van der Waals surface area contributed by atoms with E-state index >= 15 is 0 Å². The predicted octanol–water partition coefficient (Wildman–Crippen LogP) is 2.91. The largest absolute Gasteiger partial charge is 0.345 e. The van der Waals surface area contributed by atoms with Crippen LogP contribution in [-0.2, 0) is 0 Å². The number of nitrogens with zero attached hydrogens (tertiary/aromatic N) is 3. The second kappa shape index (κ2) is 7.54. The van der Waals surface area contributed by atoms with Gasteiger partial charge in [-0.1, -0.05) is 37.6 Å². The van der Waals surface area contributed by atoms with E-state index in [1.165, 1.54) is 0 Å². The molecule has 1 aromatic carbocycles. The third kappa shape index (κ3) is 3.85. The van der Waals surface area contributed by atoms with Crippen LogP contribution in [0.3, 0.4) is 0 Å². The van der Waals surface area contributed by atoms with Crippen molar-refractivity contribution in [3.8, 4) is 5.69 Å². The average Bonchev–Trinajstić information content (AvgIpc) is 3.03. The molecule has 7 heteroatoms. The summed E-state index contributed by atoms with van der Waals surface area (Å²) in [6.45, 7) is 7.11. The fraction of sp³-hybridized carbons (Fsp3) is 0.500. The molecule has 2 N–H and O–H groups in total. The van der Waals surface area contributed by atoms with Crippen LogP contribution in [0.2, 0.25) is 5.02 Å². The lowest BCUT2D eigenvalue weighted by Crippen LogP contribution is -2.52. The molecular formula is C18H24ClN5O. The van der Waals surface area contributed by atoms with Crippen molar-refractivity contribution < 1.29 is 4.79 Å². The number of nitrogens with one attached hydrogen (secondary N) is 2. The Morgan fingerprint density at radius 1 is 1.40 bits per heavy atom. The van der Waals surface area contributed by atoms with E-state index in [4.69, 9.17) is 11.6 Å². The van der Waals surface area contributed by atoms with Gasteiger partial charge in [-0.2, -0.15) is 0 Å². The van der Waals surface area contributed by atoms with Gasteiger partial charge in [-0.05, 0) is 38.4 Å². The fourth-order valence-electron chi connectivity index (χ4n) is 3.07. The van der Waals surface area contributed by atoms with E-state index in [0.29, 0.717) is 10.8 Å². The average molecular weight is 362 g/mol. The van der Waals surface area contributed by atoms with Gasteiger partial charge in [0, 0.05) is 18.0 Å². The number of hydrogen-bond donors (Lipinski definition) is 2. The molecule has 1 aliphatic heterocycles. The highest BCUT2D eigenvalue weighted by molar-refractivity contribution is 6.32. The van der Waals surface area contributed by atoms with Gasteiger partial charge in [0.05, 0.1) is 10.7 Å². The fourth-order valence-corrected chi connectivity index (χ4v) is 3.28. The minimum absolute atomic E-state index is 0.0935. The summed E-state index contributed by atoms with van der Waals surface area (Å²) in [6.07, 6.45) is 2.01. The summed E-state index contributed by atoms with van der Waals surface area (Å²) in [5, 5.41) is 11.5. The molecule has 1 saturated heterocycles. The van der Waals surface area contributed by atoms with E-state index in [-0.39, 0.29) is 29.7 Å². The quantitative estimate of drug-likeness (QED) is 0.878. The number of piperidine rings is 1. The zero-order chi connectivity index (χ0) is 18.0. The van der Waals surface area contributed by atoms with Crippen molar-refractivity contribution in [3.63, 3.8) is 0 Å². The Bertz CT molecular complexity index is 758. The van der Waals surface area contributed by atoms with Crippen LogP contribution in [0.25, 0.3) is 5.69 Å². The number of halogens is 1. The van der Waals surface area contributed by atoms with Crippen LogP contribution in [0.1, 0.15) is 56.0 Å². The Kier molecular flexibility index (Phi) is 5.39. The molecule has 0 radical (unpaired) electrons. The molecule has 2 heterocycles. The maximum Gasteiger partial charge on any atom is 0.291 e. The lowest BCUT2D eigenvalue weighted by atomic mass is 10.00. The molecule has 0 aliphatic carbocycles. The van der Waals surface area contributed by atoms with Crippen LogP contribution in [-0.4, -0.2) is 39.3 Å². The molecule has 1 aliphatic rings. The summed E-state index contributed by atoms with van der Waals surface area (Å²) in [6, 6.07) is 7.77. The number of carbonyl (C=O) groups is 1. The monoisotopic (exact) mass is 361 g/mol. The Morgan fingerprint density at radius 2 is 2.16 bits per heavy atom. The predicted molar refractivity (Wildman–Crippen MR) is 98.4 cm³/mol. The Morgan fingerprint density at radius 3 is 2.84 bits per heavy atom. The van der Waals surface area contributed by atoms with Crippen LogP contribution in [0.5, 0.6) is 0 Å². The highest BCUT2D eigenvalue weighted by Gasteiger charge is 2.26. The topological polar surface area (TPSA) is 71.8 Å². The molecular weight excluding hydrogens is 338 g/mol. The summed E-state index contributed by atoms with van der Waals surface area (Å²) >= 11 is 6.30. The highest BCUT2D eigenvalue weighted by atomic mass is 35.5. The molecule has 2 unspecified atom stereocenters. The molecule has 1 fully saturated rings. The molecule has 1 aromatic heterocycles. The maximum absolute atomic E-state index is 12.7. The summed E-state index contributed by atoms with van der Waals surface area (Å²) in [5.41, 5.74) is 0.729. The zero-order valence-electron chi connectivity index (χ0n) is 14.8. The second-order valence-electron chi connectivity index (χ2n) is 6.78. The summed E-state index contributed by atoms with van der Waals surface area (Å²) < 4.78 is 1.67. The Labute approximate surface area is 153 Å². The van der Waals surface area contributed by atoms with E-state index in [9.17, 15) is 4.79 Å². The molecule has 0 spiro atoms. The smallest absolute Gasteiger partial charge is 0.291 e. The molecule has 2 aromatic rings. The number of para-hydroxylation sites is 1. The van der Waals surface area contributed by atoms with Crippen LogP contribution < -0.4 is 10.6 Å². The molecule has 0 bridgehead atoms. The minimum Gasteiger partial charge on any atom is -0.345 e. The van der Waals surface area contributed by atoms with Crippen molar-refractivity contribution in [1.29, 1.82) is 0 Å². The van der Waals surface area contributed by atoms with Gasteiger partial charge in [-0.15, -0.1) is 5.10 Å². The van der Waals surface area contributed by atoms with Crippen LogP contribution in [0, 0.1) is 0 Å². The molecule has 25 heavy (non-hydrogen) atoms. The van der Waals surface area contributed by atoms with E-state index in [0.717, 1.165) is 25.1 Å². The zero-order valence-corrected chi connectivity index (χ0v) is 15.5. The first kappa shape index (κ1) is 17.9. The van der Waals surface area contributed by atoms with Crippen LogP contribution in [0.4, 0.5) is 0 Å². The maximum atomic E-state index is 12.7. The molecule has 2 atom stereocenters. The van der Waals surface area contributed by atoms with Gasteiger partial charge in [0.25, 0.3) is 5.91 Å². The summed E-state index contributed by atoms with van der Waals surface area (Å²) in [4.78, 5) is 17.1. The van der Waals surface area contributed by atoms with Gasteiger partial charge in [0.15, 0.2) is 0 Å². The van der Waals surface area contributed by atoms with Crippen LogP contribution >= 0.6 is 11.6 Å². The van der Waals surface area contributed by atoms with Gasteiger partial charge in [0.2, 0.25) is 5.82 Å². The van der Waals surface area contributed by atoms with Crippen molar-refractivity contribution in [1.82, 2.24) is 25.4 Å². The van der Waals surface area contributed by atoms with Gasteiger partial charge >= 0.3 is 0 Å².